The van der Waals surface area contributed by atoms with Gasteiger partial charge in [0.2, 0.25) is 0 Å². The van der Waals surface area contributed by atoms with Crippen molar-refractivity contribution in [2.45, 2.75) is 45.6 Å². The zero-order valence-corrected chi connectivity index (χ0v) is 10.6. The van der Waals surface area contributed by atoms with Gasteiger partial charge in [-0.15, -0.1) is 0 Å². The summed E-state index contributed by atoms with van der Waals surface area (Å²) in [7, 11) is 0. The van der Waals surface area contributed by atoms with Crippen LogP contribution in [0.5, 0.6) is 0 Å². The lowest BCUT2D eigenvalue weighted by molar-refractivity contribution is 0.581. The summed E-state index contributed by atoms with van der Waals surface area (Å²) in [5, 5.41) is 3.66. The second-order valence-corrected chi connectivity index (χ2v) is 4.45. The summed E-state index contributed by atoms with van der Waals surface area (Å²) in [4.78, 5) is 0. The Hall–Kier alpha value is -0.760. The molecule has 0 spiro atoms. The van der Waals surface area contributed by atoms with E-state index in [-0.39, 0.29) is 5.82 Å². The molecule has 1 N–H and O–H groups in total. The largest absolute Gasteiger partial charge is 0.380 e. The molecule has 0 saturated heterocycles. The lowest BCUT2D eigenvalue weighted by Gasteiger charge is -2.18. The zero-order valence-electron chi connectivity index (χ0n) is 9.89. The summed E-state index contributed by atoms with van der Waals surface area (Å²) < 4.78 is 13.5. The average Bonchev–Trinajstić information content (AvgIpc) is 2.27. The highest BCUT2D eigenvalue weighted by molar-refractivity contribution is 6.30. The molecule has 0 aliphatic carbocycles. The van der Waals surface area contributed by atoms with E-state index in [2.05, 4.69) is 19.2 Å². The first-order chi connectivity index (χ1) is 7.67. The van der Waals surface area contributed by atoms with E-state index in [1.807, 2.05) is 0 Å². The van der Waals surface area contributed by atoms with Crippen molar-refractivity contribution in [3.8, 4) is 0 Å². The molecule has 90 valence electrons. The Labute approximate surface area is 102 Å². The monoisotopic (exact) mass is 243 g/mol. The van der Waals surface area contributed by atoms with Gasteiger partial charge in [-0.05, 0) is 31.0 Å². The normalized spacial score (nSPS) is 12.5. The van der Waals surface area contributed by atoms with Gasteiger partial charge in [0.1, 0.15) is 5.82 Å². The summed E-state index contributed by atoms with van der Waals surface area (Å²) >= 11 is 5.70. The third-order valence-corrected chi connectivity index (χ3v) is 2.92. The number of hydrogen-bond donors (Lipinski definition) is 1. The molecule has 0 radical (unpaired) electrons. The van der Waals surface area contributed by atoms with Crippen molar-refractivity contribution in [2.24, 2.45) is 0 Å². The van der Waals surface area contributed by atoms with Crippen molar-refractivity contribution in [1.29, 1.82) is 0 Å². The van der Waals surface area contributed by atoms with Crippen LogP contribution in [0.4, 0.5) is 10.1 Å². The van der Waals surface area contributed by atoms with E-state index in [0.717, 1.165) is 12.8 Å². The predicted octanol–water partition coefficient (Wildman–Crippen LogP) is 4.86. The Morgan fingerprint density at radius 2 is 2.12 bits per heavy atom. The van der Waals surface area contributed by atoms with E-state index in [0.29, 0.717) is 16.8 Å². The fourth-order valence-corrected chi connectivity index (χ4v) is 1.81. The molecule has 1 unspecified atom stereocenters. The molecule has 0 fully saturated rings. The molecule has 1 nitrogen and oxygen atoms in total. The maximum absolute atomic E-state index is 13.5. The lowest BCUT2D eigenvalue weighted by atomic mass is 10.1. The van der Waals surface area contributed by atoms with Gasteiger partial charge in [0, 0.05) is 11.1 Å². The minimum Gasteiger partial charge on any atom is -0.380 e. The quantitative estimate of drug-likeness (QED) is 0.752. The molecule has 1 atom stereocenters. The third kappa shape index (κ3) is 4.01. The molecule has 0 aromatic heterocycles. The van der Waals surface area contributed by atoms with Crippen LogP contribution in [0.3, 0.4) is 0 Å². The van der Waals surface area contributed by atoms with E-state index in [4.69, 9.17) is 11.6 Å². The molecule has 16 heavy (non-hydrogen) atoms. The maximum atomic E-state index is 13.5. The minimum absolute atomic E-state index is 0.276. The molecule has 3 heteroatoms. The van der Waals surface area contributed by atoms with Gasteiger partial charge in [-0.1, -0.05) is 38.3 Å². The van der Waals surface area contributed by atoms with Crippen LogP contribution in [0.2, 0.25) is 5.02 Å². The predicted molar refractivity (Wildman–Crippen MR) is 68.6 cm³/mol. The molecule has 1 rings (SSSR count). The molecular weight excluding hydrogens is 225 g/mol. The van der Waals surface area contributed by atoms with Gasteiger partial charge < -0.3 is 5.32 Å². The first kappa shape index (κ1) is 13.3. The Morgan fingerprint density at radius 3 is 2.69 bits per heavy atom. The SMILES string of the molecule is CCCCC(CC)Nc1ccc(Cl)cc1F. The number of benzene rings is 1. The van der Waals surface area contributed by atoms with Crippen LogP contribution in [0.15, 0.2) is 18.2 Å². The van der Waals surface area contributed by atoms with Gasteiger partial charge in [0.05, 0.1) is 5.69 Å². The van der Waals surface area contributed by atoms with Crippen LogP contribution in [0.25, 0.3) is 0 Å². The lowest BCUT2D eigenvalue weighted by Crippen LogP contribution is -2.18. The summed E-state index contributed by atoms with van der Waals surface area (Å²) in [6.07, 6.45) is 4.42. The number of hydrogen-bond acceptors (Lipinski definition) is 1. The second kappa shape index (κ2) is 6.74. The van der Waals surface area contributed by atoms with Gasteiger partial charge in [0.15, 0.2) is 0 Å². The van der Waals surface area contributed by atoms with Gasteiger partial charge in [-0.25, -0.2) is 4.39 Å². The molecule has 1 aromatic carbocycles. The van der Waals surface area contributed by atoms with E-state index >= 15 is 0 Å². The maximum Gasteiger partial charge on any atom is 0.147 e. The topological polar surface area (TPSA) is 12.0 Å². The van der Waals surface area contributed by atoms with Gasteiger partial charge in [0.25, 0.3) is 0 Å². The molecule has 0 aliphatic heterocycles. The summed E-state index contributed by atoms with van der Waals surface area (Å²) in [5.41, 5.74) is 0.548. The van der Waals surface area contributed by atoms with E-state index in [9.17, 15) is 4.39 Å². The van der Waals surface area contributed by atoms with E-state index < -0.39 is 0 Å². The smallest absolute Gasteiger partial charge is 0.147 e. The van der Waals surface area contributed by atoms with Crippen LogP contribution in [-0.4, -0.2) is 6.04 Å². The number of anilines is 1. The highest BCUT2D eigenvalue weighted by atomic mass is 35.5. The van der Waals surface area contributed by atoms with Crippen LogP contribution in [0.1, 0.15) is 39.5 Å². The molecule has 0 saturated carbocycles. The average molecular weight is 244 g/mol. The Balaban J connectivity index is 2.62. The fourth-order valence-electron chi connectivity index (χ4n) is 1.66. The van der Waals surface area contributed by atoms with Gasteiger partial charge >= 0.3 is 0 Å². The molecule has 0 aliphatic rings. The summed E-state index contributed by atoms with van der Waals surface area (Å²) in [5.74, 6) is -0.276. The summed E-state index contributed by atoms with van der Waals surface area (Å²) in [6, 6.07) is 5.10. The standard InChI is InChI=1S/C13H19ClFN/c1-3-5-6-11(4-2)16-13-8-7-10(14)9-12(13)15/h7-9,11,16H,3-6H2,1-2H3. The highest BCUT2D eigenvalue weighted by Gasteiger charge is 2.08. The van der Waals surface area contributed by atoms with Crippen molar-refractivity contribution in [2.75, 3.05) is 5.32 Å². The van der Waals surface area contributed by atoms with Crippen molar-refractivity contribution in [3.05, 3.63) is 29.0 Å². The Morgan fingerprint density at radius 1 is 1.38 bits per heavy atom. The highest BCUT2D eigenvalue weighted by Crippen LogP contribution is 2.21. The molecule has 0 heterocycles. The van der Waals surface area contributed by atoms with Gasteiger partial charge in [-0.2, -0.15) is 0 Å². The van der Waals surface area contributed by atoms with E-state index in [1.165, 1.54) is 18.9 Å². The number of unbranched alkanes of at least 4 members (excludes halogenated alkanes) is 1. The molecule has 1 aromatic rings. The van der Waals surface area contributed by atoms with Crippen molar-refractivity contribution >= 4 is 17.3 Å². The minimum atomic E-state index is -0.276. The van der Waals surface area contributed by atoms with Crippen molar-refractivity contribution < 1.29 is 4.39 Å². The first-order valence-corrected chi connectivity index (χ1v) is 6.26. The fraction of sp³-hybridized carbons (Fsp3) is 0.538. The number of rotatable bonds is 6. The Kier molecular flexibility index (Phi) is 5.61. The zero-order chi connectivity index (χ0) is 12.0. The van der Waals surface area contributed by atoms with Crippen LogP contribution < -0.4 is 5.32 Å². The third-order valence-electron chi connectivity index (χ3n) is 2.69. The van der Waals surface area contributed by atoms with Gasteiger partial charge in [-0.3, -0.25) is 0 Å². The molecular formula is C13H19ClFN. The second-order valence-electron chi connectivity index (χ2n) is 4.02. The van der Waals surface area contributed by atoms with Crippen LogP contribution >= 0.6 is 11.6 Å². The number of halogens is 2. The van der Waals surface area contributed by atoms with Crippen molar-refractivity contribution in [3.63, 3.8) is 0 Å². The van der Waals surface area contributed by atoms with Crippen LogP contribution in [-0.2, 0) is 0 Å². The molecule has 0 bridgehead atoms. The number of nitrogens with one attached hydrogen (secondary N) is 1. The van der Waals surface area contributed by atoms with E-state index in [1.54, 1.807) is 12.1 Å². The van der Waals surface area contributed by atoms with Crippen LogP contribution in [0, 0.1) is 5.82 Å². The first-order valence-electron chi connectivity index (χ1n) is 5.89. The summed E-state index contributed by atoms with van der Waals surface area (Å²) in [6.45, 7) is 4.27. The Bertz CT molecular complexity index is 328. The van der Waals surface area contributed by atoms with Crippen molar-refractivity contribution in [1.82, 2.24) is 0 Å². The molecule has 0 amide bonds.